The predicted molar refractivity (Wildman–Crippen MR) is 173 cm³/mol. The molecule has 0 aliphatic carbocycles. The monoisotopic (exact) mass is 792 g/mol. The zero-order chi connectivity index (χ0) is 39.7. The summed E-state index contributed by atoms with van der Waals surface area (Å²) in [5.41, 5.74) is -6.49. The third-order valence-corrected chi connectivity index (χ3v) is 7.85. The molecule has 0 saturated carbocycles. The third kappa shape index (κ3) is 8.63. The summed E-state index contributed by atoms with van der Waals surface area (Å²) in [6.07, 6.45) is -13.5. The van der Waals surface area contributed by atoms with E-state index in [4.69, 9.17) is 37.4 Å². The van der Waals surface area contributed by atoms with Crippen LogP contribution in [0.4, 0.5) is 37.7 Å². The van der Waals surface area contributed by atoms with Crippen LogP contribution in [0.5, 0.6) is 23.0 Å². The van der Waals surface area contributed by atoms with Crippen molar-refractivity contribution in [2.75, 3.05) is 0 Å². The summed E-state index contributed by atoms with van der Waals surface area (Å²) in [6, 6.07) is 6.75. The largest absolute Gasteiger partial charge is 0.479 e. The summed E-state index contributed by atoms with van der Waals surface area (Å²) < 4.78 is 98.1. The smallest absolute Gasteiger partial charge is 0.416 e. The fraction of sp³-hybridized carbons (Fsp3) is 0.188. The fourth-order valence-electron chi connectivity index (χ4n) is 4.67. The van der Waals surface area contributed by atoms with Crippen LogP contribution >= 0.6 is 23.2 Å². The molecule has 0 aromatic heterocycles. The summed E-state index contributed by atoms with van der Waals surface area (Å²) >= 11 is 12.5. The SMILES string of the molecule is CC(Oc1c([N+](=O)[O-])ccc(Oc2ccc([N+](=O)[O-])c(OC(C)C(=O)O)c2-c2ccc(C(F)(F)F)cc2Cl)c1-c1ccc(C(F)(F)F)cc1Cl)C(=O)O. The van der Waals surface area contributed by atoms with Gasteiger partial charge in [-0.05, 0) is 50.2 Å². The van der Waals surface area contributed by atoms with E-state index in [-0.39, 0.29) is 0 Å². The Bertz CT molecular complexity index is 2000. The Hall–Kier alpha value is -5.82. The highest BCUT2D eigenvalue weighted by molar-refractivity contribution is 6.34. The van der Waals surface area contributed by atoms with Crippen molar-refractivity contribution >= 4 is 46.5 Å². The van der Waals surface area contributed by atoms with E-state index in [1.807, 2.05) is 0 Å². The lowest BCUT2D eigenvalue weighted by molar-refractivity contribution is -0.386. The molecule has 0 spiro atoms. The average molecular weight is 793 g/mol. The molecule has 0 amide bonds. The number of benzene rings is 4. The van der Waals surface area contributed by atoms with Crippen LogP contribution in [-0.2, 0) is 21.9 Å². The van der Waals surface area contributed by atoms with Crippen LogP contribution in [0.2, 0.25) is 10.0 Å². The lowest BCUT2D eigenvalue weighted by Crippen LogP contribution is -2.24. The van der Waals surface area contributed by atoms with Crippen molar-refractivity contribution < 1.29 is 70.2 Å². The van der Waals surface area contributed by atoms with Gasteiger partial charge in [-0.3, -0.25) is 20.2 Å². The van der Waals surface area contributed by atoms with Gasteiger partial charge in [0.25, 0.3) is 0 Å². The lowest BCUT2D eigenvalue weighted by Gasteiger charge is -2.22. The summed E-state index contributed by atoms with van der Waals surface area (Å²) in [5, 5.41) is 41.8. The maximum Gasteiger partial charge on any atom is 0.416 e. The normalized spacial score (nSPS) is 12.8. The topological polar surface area (TPSA) is 189 Å². The molecule has 53 heavy (non-hydrogen) atoms. The zero-order valence-corrected chi connectivity index (χ0v) is 27.9. The van der Waals surface area contributed by atoms with Gasteiger partial charge in [0.2, 0.25) is 11.5 Å². The van der Waals surface area contributed by atoms with Gasteiger partial charge in [-0.2, -0.15) is 26.3 Å². The molecule has 2 atom stereocenters. The first-order valence-corrected chi connectivity index (χ1v) is 15.1. The molecule has 0 fully saturated rings. The molecule has 2 unspecified atom stereocenters. The van der Waals surface area contributed by atoms with Crippen molar-refractivity contribution in [2.45, 2.75) is 38.4 Å². The molecule has 0 aliphatic heterocycles. The minimum Gasteiger partial charge on any atom is -0.479 e. The number of carboxylic acid groups (broad SMARTS) is 2. The summed E-state index contributed by atoms with van der Waals surface area (Å²) in [5.74, 6) is -6.23. The van der Waals surface area contributed by atoms with Gasteiger partial charge in [0, 0.05) is 33.3 Å². The van der Waals surface area contributed by atoms with Crippen LogP contribution in [0.15, 0.2) is 60.7 Å². The molecule has 4 aromatic carbocycles. The second kappa shape index (κ2) is 15.0. The summed E-state index contributed by atoms with van der Waals surface area (Å²) in [6.45, 7) is 1.93. The molecule has 0 aliphatic rings. The van der Waals surface area contributed by atoms with Crippen molar-refractivity contribution in [1.82, 2.24) is 0 Å². The molecular weight excluding hydrogens is 773 g/mol. The van der Waals surface area contributed by atoms with E-state index in [9.17, 15) is 66.4 Å². The molecule has 280 valence electrons. The Labute approximate surface area is 302 Å². The number of halogens is 8. The van der Waals surface area contributed by atoms with Crippen LogP contribution in [0.1, 0.15) is 25.0 Å². The Morgan fingerprint density at radius 2 is 1.00 bits per heavy atom. The van der Waals surface area contributed by atoms with Crippen molar-refractivity contribution in [3.8, 4) is 45.3 Å². The van der Waals surface area contributed by atoms with Gasteiger partial charge in [0.1, 0.15) is 11.5 Å². The number of carbonyl (C=O) groups is 2. The first-order chi connectivity index (χ1) is 24.5. The van der Waals surface area contributed by atoms with Gasteiger partial charge in [-0.25, -0.2) is 9.59 Å². The Kier molecular flexibility index (Phi) is 11.3. The maximum atomic E-state index is 13.5. The van der Waals surface area contributed by atoms with E-state index >= 15 is 0 Å². The van der Waals surface area contributed by atoms with E-state index in [1.165, 1.54) is 0 Å². The van der Waals surface area contributed by atoms with Crippen LogP contribution in [0.25, 0.3) is 22.3 Å². The lowest BCUT2D eigenvalue weighted by atomic mass is 9.99. The molecule has 2 N–H and O–H groups in total. The molecule has 0 saturated heterocycles. The highest BCUT2D eigenvalue weighted by Crippen LogP contribution is 2.53. The van der Waals surface area contributed by atoms with Gasteiger partial charge in [0.05, 0.1) is 32.1 Å². The van der Waals surface area contributed by atoms with Crippen molar-refractivity contribution in [3.63, 3.8) is 0 Å². The Morgan fingerprint density at radius 1 is 0.660 bits per heavy atom. The number of aliphatic carboxylic acids is 2. The van der Waals surface area contributed by atoms with Crippen molar-refractivity contribution in [3.05, 3.63) is 102 Å². The number of rotatable bonds is 12. The second-order valence-electron chi connectivity index (χ2n) is 10.8. The number of nitrogens with zero attached hydrogens (tertiary/aromatic N) is 2. The number of ether oxygens (including phenoxy) is 3. The van der Waals surface area contributed by atoms with Crippen LogP contribution in [0, 0.1) is 20.2 Å². The third-order valence-electron chi connectivity index (χ3n) is 7.23. The number of nitro groups is 2. The van der Waals surface area contributed by atoms with E-state index in [1.54, 1.807) is 0 Å². The van der Waals surface area contributed by atoms with Gasteiger partial charge in [0.15, 0.2) is 12.2 Å². The Balaban J connectivity index is 2.14. The van der Waals surface area contributed by atoms with Gasteiger partial charge in [-0.1, -0.05) is 35.3 Å². The molecule has 0 heterocycles. The highest BCUT2D eigenvalue weighted by Gasteiger charge is 2.36. The number of carboxylic acids is 2. The number of hydrogen-bond acceptors (Lipinski definition) is 9. The van der Waals surface area contributed by atoms with Gasteiger partial charge < -0.3 is 24.4 Å². The molecule has 0 bridgehead atoms. The zero-order valence-electron chi connectivity index (χ0n) is 26.4. The first kappa shape index (κ1) is 40.0. The first-order valence-electron chi connectivity index (χ1n) is 14.4. The highest BCUT2D eigenvalue weighted by atomic mass is 35.5. The fourth-order valence-corrected chi connectivity index (χ4v) is 5.22. The summed E-state index contributed by atoms with van der Waals surface area (Å²) in [4.78, 5) is 45.7. The predicted octanol–water partition coefficient (Wildman–Crippen LogP) is 9.68. The minimum absolute atomic E-state index is 0.446. The van der Waals surface area contributed by atoms with E-state index in [0.29, 0.717) is 24.3 Å². The minimum atomic E-state index is -4.92. The number of nitro benzene ring substituents is 2. The van der Waals surface area contributed by atoms with E-state index in [0.717, 1.165) is 50.2 Å². The maximum absolute atomic E-state index is 13.5. The molecule has 13 nitrogen and oxygen atoms in total. The van der Waals surface area contributed by atoms with Crippen LogP contribution in [-0.4, -0.2) is 44.2 Å². The van der Waals surface area contributed by atoms with Gasteiger partial charge in [-0.15, -0.1) is 0 Å². The molecule has 4 aromatic rings. The summed E-state index contributed by atoms with van der Waals surface area (Å²) in [7, 11) is 0. The molecule has 21 heteroatoms. The molecule has 4 rings (SSSR count). The van der Waals surface area contributed by atoms with Crippen molar-refractivity contribution in [1.29, 1.82) is 0 Å². The molecule has 0 radical (unpaired) electrons. The van der Waals surface area contributed by atoms with E-state index < -0.39 is 124 Å². The van der Waals surface area contributed by atoms with Gasteiger partial charge >= 0.3 is 35.7 Å². The van der Waals surface area contributed by atoms with Crippen LogP contribution < -0.4 is 14.2 Å². The standard InChI is InChI=1S/C32H20Cl2F6N2O11/c1-13(29(43)44)51-27-21(41(47)48)7-9-23(25(27)17-5-3-15(11-19(17)33)31(35,36)37)53-24-10-8-22(42(49)50)28(52-14(2)30(45)46)26(24)18-6-4-16(12-20(18)34)32(38,39)40/h3-14H,1-2H3,(H,43,44)(H,45,46). The quantitative estimate of drug-likeness (QED) is 0.0789. The number of alkyl halides is 6. The average Bonchev–Trinajstić information content (AvgIpc) is 3.04. The van der Waals surface area contributed by atoms with Crippen molar-refractivity contribution in [2.24, 2.45) is 0 Å². The Morgan fingerprint density at radius 3 is 1.26 bits per heavy atom. The van der Waals surface area contributed by atoms with Crippen LogP contribution in [0.3, 0.4) is 0 Å². The molecular formula is C32H20Cl2F6N2O11. The second-order valence-corrected chi connectivity index (χ2v) is 11.6. The van der Waals surface area contributed by atoms with E-state index in [2.05, 4.69) is 0 Å². The number of hydrogen-bond donors (Lipinski definition) is 2.